The van der Waals surface area contributed by atoms with Crippen LogP contribution in [0.15, 0.2) is 0 Å². The van der Waals surface area contributed by atoms with E-state index in [0.29, 0.717) is 0 Å². The summed E-state index contributed by atoms with van der Waals surface area (Å²) >= 11 is 0. The van der Waals surface area contributed by atoms with Gasteiger partial charge < -0.3 is 30.6 Å². The molecule has 6 heteroatoms. The van der Waals surface area contributed by atoms with E-state index in [0.717, 1.165) is 0 Å². The Morgan fingerprint density at radius 3 is 0.417 bits per heavy atom. The van der Waals surface area contributed by atoms with Gasteiger partial charge in [-0.3, -0.25) is 0 Å². The van der Waals surface area contributed by atoms with E-state index in [2.05, 4.69) is 0 Å². The van der Waals surface area contributed by atoms with Crippen molar-refractivity contribution in [3.8, 4) is 0 Å². The van der Waals surface area contributed by atoms with Crippen LogP contribution in [-0.2, 0) is 0 Å². The molecule has 0 spiro atoms. The molecule has 0 radical (unpaired) electrons. The molecule has 0 saturated carbocycles. The summed E-state index contributed by atoms with van der Waals surface area (Å²) in [6, 6.07) is 0. The Balaban J connectivity index is -0.000000101. The summed E-state index contributed by atoms with van der Waals surface area (Å²) in [7, 11) is 0. The molecule has 0 heterocycles. The molecule has 12 heavy (non-hydrogen) atoms. The summed E-state index contributed by atoms with van der Waals surface area (Å²) < 4.78 is 0. The minimum atomic E-state index is -0.125. The van der Waals surface area contributed by atoms with Crippen molar-refractivity contribution in [2.45, 2.75) is 0 Å². The first-order chi connectivity index (χ1) is 5.74. The fourth-order valence-corrected chi connectivity index (χ4v) is 0. The third-order valence-corrected chi connectivity index (χ3v) is 0.300. The second-order valence-corrected chi connectivity index (χ2v) is 1.34. The van der Waals surface area contributed by atoms with Crippen molar-refractivity contribution in [2.75, 3.05) is 39.6 Å². The maximum absolute atomic E-state index is 7.62. The lowest BCUT2D eigenvalue weighted by Crippen LogP contribution is -1.85. The van der Waals surface area contributed by atoms with Crippen LogP contribution >= 0.6 is 0 Å². The van der Waals surface area contributed by atoms with Crippen molar-refractivity contribution < 1.29 is 30.6 Å². The number of rotatable bonds is 3. The largest absolute Gasteiger partial charge is 0.394 e. The normalized spacial score (nSPS) is 7.50. The zero-order valence-corrected chi connectivity index (χ0v) is 6.93. The van der Waals surface area contributed by atoms with Crippen LogP contribution in [0.1, 0.15) is 0 Å². The van der Waals surface area contributed by atoms with E-state index in [9.17, 15) is 0 Å². The van der Waals surface area contributed by atoms with Crippen molar-refractivity contribution in [2.24, 2.45) is 0 Å². The maximum Gasteiger partial charge on any atom is 0.0662 e. The molecule has 0 atom stereocenters. The van der Waals surface area contributed by atoms with E-state index in [-0.39, 0.29) is 39.6 Å². The molecule has 0 aromatic heterocycles. The lowest BCUT2D eigenvalue weighted by Gasteiger charge is -1.70. The van der Waals surface area contributed by atoms with Crippen LogP contribution in [0.3, 0.4) is 0 Å². The van der Waals surface area contributed by atoms with Crippen molar-refractivity contribution >= 4 is 0 Å². The predicted octanol–water partition coefficient (Wildman–Crippen LogP) is -3.09. The van der Waals surface area contributed by atoms with Gasteiger partial charge in [0.1, 0.15) is 0 Å². The lowest BCUT2D eigenvalue weighted by molar-refractivity contribution is 0.186. The van der Waals surface area contributed by atoms with E-state index in [1.54, 1.807) is 0 Å². The standard InChI is InChI=1S/3C2H6O2/c3*3-1-2-4/h3*3-4H,1-2H2. The van der Waals surface area contributed by atoms with Crippen LogP contribution in [0.5, 0.6) is 0 Å². The molecule has 0 bridgehead atoms. The fraction of sp³-hybridized carbons (Fsp3) is 1.00. The summed E-state index contributed by atoms with van der Waals surface area (Å²) in [6.07, 6.45) is 0. The number of hydrogen-bond donors (Lipinski definition) is 6. The van der Waals surface area contributed by atoms with Gasteiger partial charge in [-0.1, -0.05) is 0 Å². The van der Waals surface area contributed by atoms with Crippen LogP contribution < -0.4 is 0 Å². The number of aliphatic hydroxyl groups excluding tert-OH is 6. The fourth-order valence-electron chi connectivity index (χ4n) is 0. The predicted molar refractivity (Wildman–Crippen MR) is 42.5 cm³/mol. The number of aliphatic hydroxyl groups is 6. The summed E-state index contributed by atoms with van der Waals surface area (Å²) in [5.74, 6) is 0. The van der Waals surface area contributed by atoms with E-state index >= 15 is 0 Å². The van der Waals surface area contributed by atoms with Crippen molar-refractivity contribution in [1.82, 2.24) is 0 Å². The molecule has 0 rings (SSSR count). The van der Waals surface area contributed by atoms with Gasteiger partial charge >= 0.3 is 0 Å². The van der Waals surface area contributed by atoms with Gasteiger partial charge in [-0.2, -0.15) is 0 Å². The first-order valence-electron chi connectivity index (χ1n) is 3.40. The Hall–Kier alpha value is -0.240. The molecule has 0 aromatic carbocycles. The molecule has 0 amide bonds. The van der Waals surface area contributed by atoms with Gasteiger partial charge in [0.25, 0.3) is 0 Å². The molecule has 0 unspecified atom stereocenters. The molecule has 6 N–H and O–H groups in total. The zero-order valence-electron chi connectivity index (χ0n) is 6.93. The molecule has 0 fully saturated rings. The third kappa shape index (κ3) is 98.3. The minimum Gasteiger partial charge on any atom is -0.394 e. The Morgan fingerprint density at radius 1 is 0.333 bits per heavy atom. The number of hydrogen-bond acceptors (Lipinski definition) is 6. The Labute approximate surface area is 71.3 Å². The molecule has 0 aliphatic heterocycles. The van der Waals surface area contributed by atoms with Gasteiger partial charge in [-0.15, -0.1) is 0 Å². The molecule has 78 valence electrons. The molecule has 0 saturated heterocycles. The van der Waals surface area contributed by atoms with E-state index in [4.69, 9.17) is 30.6 Å². The maximum atomic E-state index is 7.62. The van der Waals surface area contributed by atoms with Gasteiger partial charge in [0.15, 0.2) is 0 Å². The summed E-state index contributed by atoms with van der Waals surface area (Å²) in [6.45, 7) is -0.750. The van der Waals surface area contributed by atoms with Gasteiger partial charge in [0.2, 0.25) is 0 Å². The summed E-state index contributed by atoms with van der Waals surface area (Å²) in [5, 5.41) is 45.8. The third-order valence-electron chi connectivity index (χ3n) is 0.300. The first-order valence-corrected chi connectivity index (χ1v) is 3.40. The molecule has 0 aromatic rings. The SMILES string of the molecule is OCCO.OCCO.OCCO. The highest BCUT2D eigenvalue weighted by atomic mass is 16.3. The van der Waals surface area contributed by atoms with Crippen LogP contribution in [0, 0.1) is 0 Å². The average molecular weight is 186 g/mol. The average Bonchev–Trinajstić information content (AvgIpc) is 2.18. The highest BCUT2D eigenvalue weighted by Gasteiger charge is 1.58. The Bertz CT molecular complexity index is 27.5. The van der Waals surface area contributed by atoms with Gasteiger partial charge in [-0.25, -0.2) is 0 Å². The Kier molecular flexibility index (Phi) is 45.7. The molecular formula is C6H18O6. The van der Waals surface area contributed by atoms with E-state index < -0.39 is 0 Å². The van der Waals surface area contributed by atoms with Crippen LogP contribution in [0.25, 0.3) is 0 Å². The molecule has 0 aliphatic rings. The van der Waals surface area contributed by atoms with Gasteiger partial charge in [0, 0.05) is 0 Å². The summed E-state index contributed by atoms with van der Waals surface area (Å²) in [5.41, 5.74) is 0. The Morgan fingerprint density at radius 2 is 0.417 bits per heavy atom. The van der Waals surface area contributed by atoms with E-state index in [1.807, 2.05) is 0 Å². The van der Waals surface area contributed by atoms with Gasteiger partial charge in [-0.05, 0) is 0 Å². The molecular weight excluding hydrogens is 168 g/mol. The smallest absolute Gasteiger partial charge is 0.0662 e. The molecule has 6 nitrogen and oxygen atoms in total. The van der Waals surface area contributed by atoms with Crippen LogP contribution in [0.2, 0.25) is 0 Å². The second-order valence-electron chi connectivity index (χ2n) is 1.34. The lowest BCUT2D eigenvalue weighted by atomic mass is 10.8. The quantitative estimate of drug-likeness (QED) is 0.278. The van der Waals surface area contributed by atoms with Crippen LogP contribution in [0.4, 0.5) is 0 Å². The van der Waals surface area contributed by atoms with Crippen molar-refractivity contribution in [3.63, 3.8) is 0 Å². The molecule has 0 aliphatic carbocycles. The van der Waals surface area contributed by atoms with Crippen molar-refractivity contribution in [3.05, 3.63) is 0 Å². The van der Waals surface area contributed by atoms with Crippen molar-refractivity contribution in [1.29, 1.82) is 0 Å². The highest BCUT2D eigenvalue weighted by molar-refractivity contribution is 4.07. The minimum absolute atomic E-state index is 0.125. The first kappa shape index (κ1) is 17.7. The monoisotopic (exact) mass is 186 g/mol. The highest BCUT2D eigenvalue weighted by Crippen LogP contribution is 1.40. The topological polar surface area (TPSA) is 121 Å². The van der Waals surface area contributed by atoms with E-state index in [1.165, 1.54) is 0 Å². The second kappa shape index (κ2) is 30.9. The zero-order chi connectivity index (χ0) is 10.2. The van der Waals surface area contributed by atoms with Gasteiger partial charge in [0.05, 0.1) is 39.6 Å². The van der Waals surface area contributed by atoms with Crippen LogP contribution in [-0.4, -0.2) is 70.3 Å². The summed E-state index contributed by atoms with van der Waals surface area (Å²) in [4.78, 5) is 0.